The van der Waals surface area contributed by atoms with E-state index in [1.54, 1.807) is 13.8 Å². The van der Waals surface area contributed by atoms with E-state index in [0.717, 1.165) is 0 Å². The highest BCUT2D eigenvalue weighted by molar-refractivity contribution is 5.75. The van der Waals surface area contributed by atoms with Gasteiger partial charge in [0.05, 0.1) is 19.1 Å². The van der Waals surface area contributed by atoms with E-state index in [1.807, 2.05) is 0 Å². The molecule has 1 rings (SSSR count). The number of aliphatic hydroxyl groups excluding tert-OH is 1. The molecule has 0 unspecified atom stereocenters. The van der Waals surface area contributed by atoms with Gasteiger partial charge in [-0.3, -0.25) is 4.79 Å². The average molecular weight is 256 g/mol. The molecule has 5 heteroatoms. The summed E-state index contributed by atoms with van der Waals surface area (Å²) in [4.78, 5) is 11.4. The van der Waals surface area contributed by atoms with Crippen LogP contribution >= 0.6 is 0 Å². The summed E-state index contributed by atoms with van der Waals surface area (Å²) in [6, 6.07) is 3.95. The van der Waals surface area contributed by atoms with Crippen LogP contribution in [0.15, 0.2) is 18.2 Å². The number of hydrogen-bond acceptors (Lipinski definition) is 4. The van der Waals surface area contributed by atoms with Crippen molar-refractivity contribution in [2.45, 2.75) is 20.5 Å². The van der Waals surface area contributed by atoms with Crippen LogP contribution in [0.4, 0.5) is 4.39 Å². The standard InChI is InChI=1S/C13H17FO4/c1-13(2,12(16)17-3)8-18-11-5-9(7-15)4-10(14)6-11/h4-6,15H,7-8H2,1-3H3. The number of esters is 1. The minimum Gasteiger partial charge on any atom is -0.492 e. The first-order valence-electron chi connectivity index (χ1n) is 5.50. The second-order valence-corrected chi connectivity index (χ2v) is 4.62. The Bertz CT molecular complexity index is 429. The van der Waals surface area contributed by atoms with Crippen molar-refractivity contribution in [2.75, 3.05) is 13.7 Å². The molecular formula is C13H17FO4. The molecule has 4 nitrogen and oxygen atoms in total. The van der Waals surface area contributed by atoms with Gasteiger partial charge in [-0.15, -0.1) is 0 Å². The molecule has 100 valence electrons. The van der Waals surface area contributed by atoms with Gasteiger partial charge in [0.15, 0.2) is 0 Å². The van der Waals surface area contributed by atoms with Crippen molar-refractivity contribution in [3.05, 3.63) is 29.6 Å². The summed E-state index contributed by atoms with van der Waals surface area (Å²) in [5.41, 5.74) is -0.402. The van der Waals surface area contributed by atoms with Crippen LogP contribution in [0, 0.1) is 11.2 Å². The van der Waals surface area contributed by atoms with Gasteiger partial charge in [0.1, 0.15) is 18.2 Å². The molecule has 0 aromatic heterocycles. The Balaban J connectivity index is 2.74. The molecule has 0 aliphatic carbocycles. The average Bonchev–Trinajstić information content (AvgIpc) is 2.34. The molecule has 0 saturated carbocycles. The smallest absolute Gasteiger partial charge is 0.314 e. The lowest BCUT2D eigenvalue weighted by Crippen LogP contribution is -2.32. The van der Waals surface area contributed by atoms with Crippen LogP contribution in [0.3, 0.4) is 0 Å². The van der Waals surface area contributed by atoms with Gasteiger partial charge in [0, 0.05) is 6.07 Å². The van der Waals surface area contributed by atoms with E-state index in [1.165, 1.54) is 25.3 Å². The van der Waals surface area contributed by atoms with Gasteiger partial charge >= 0.3 is 5.97 Å². The van der Waals surface area contributed by atoms with Gasteiger partial charge in [0.25, 0.3) is 0 Å². The summed E-state index contributed by atoms with van der Waals surface area (Å²) < 4.78 is 23.2. The van der Waals surface area contributed by atoms with Crippen LogP contribution in [0.5, 0.6) is 5.75 Å². The third-order valence-corrected chi connectivity index (χ3v) is 2.45. The lowest BCUT2D eigenvalue weighted by molar-refractivity contribution is -0.152. The van der Waals surface area contributed by atoms with Crippen LogP contribution in [-0.2, 0) is 16.1 Å². The number of benzene rings is 1. The largest absolute Gasteiger partial charge is 0.492 e. The number of aliphatic hydroxyl groups is 1. The zero-order valence-corrected chi connectivity index (χ0v) is 10.7. The molecule has 0 atom stereocenters. The highest BCUT2D eigenvalue weighted by Gasteiger charge is 2.29. The maximum absolute atomic E-state index is 13.2. The first-order valence-corrected chi connectivity index (χ1v) is 5.50. The molecule has 1 N–H and O–H groups in total. The zero-order valence-electron chi connectivity index (χ0n) is 10.7. The number of carbonyl (C=O) groups is 1. The fourth-order valence-electron chi connectivity index (χ4n) is 1.39. The predicted octanol–water partition coefficient (Wildman–Crippen LogP) is 1.90. The Morgan fingerprint density at radius 3 is 2.61 bits per heavy atom. The van der Waals surface area contributed by atoms with Crippen molar-refractivity contribution in [1.82, 2.24) is 0 Å². The first-order chi connectivity index (χ1) is 8.39. The van der Waals surface area contributed by atoms with E-state index in [0.29, 0.717) is 5.56 Å². The van der Waals surface area contributed by atoms with E-state index >= 15 is 0 Å². The minimum atomic E-state index is -0.819. The van der Waals surface area contributed by atoms with Crippen molar-refractivity contribution < 1.29 is 23.8 Å². The number of ether oxygens (including phenoxy) is 2. The van der Waals surface area contributed by atoms with Gasteiger partial charge in [0.2, 0.25) is 0 Å². The maximum Gasteiger partial charge on any atom is 0.314 e. The number of carbonyl (C=O) groups excluding carboxylic acids is 1. The number of hydrogen-bond donors (Lipinski definition) is 1. The quantitative estimate of drug-likeness (QED) is 0.817. The van der Waals surface area contributed by atoms with E-state index in [4.69, 9.17) is 9.84 Å². The molecule has 0 spiro atoms. The van der Waals surface area contributed by atoms with Crippen LogP contribution < -0.4 is 4.74 Å². The van der Waals surface area contributed by atoms with E-state index in [-0.39, 0.29) is 19.0 Å². The van der Waals surface area contributed by atoms with E-state index in [9.17, 15) is 9.18 Å². The maximum atomic E-state index is 13.2. The lowest BCUT2D eigenvalue weighted by atomic mass is 9.95. The van der Waals surface area contributed by atoms with Crippen molar-refractivity contribution in [2.24, 2.45) is 5.41 Å². The summed E-state index contributed by atoms with van der Waals surface area (Å²) in [7, 11) is 1.30. The molecule has 0 saturated heterocycles. The Hall–Kier alpha value is -1.62. The number of halogens is 1. The first kappa shape index (κ1) is 14.4. The van der Waals surface area contributed by atoms with E-state index in [2.05, 4.69) is 4.74 Å². The number of rotatable bonds is 5. The summed E-state index contributed by atoms with van der Waals surface area (Å²) in [5.74, 6) is -0.621. The number of methoxy groups -OCH3 is 1. The summed E-state index contributed by atoms with van der Waals surface area (Å²) in [6.45, 7) is 3.14. The fraction of sp³-hybridized carbons (Fsp3) is 0.462. The van der Waals surface area contributed by atoms with Crippen molar-refractivity contribution in [3.8, 4) is 5.75 Å². The van der Waals surface area contributed by atoms with Gasteiger partial charge in [-0.1, -0.05) is 0 Å². The summed E-state index contributed by atoms with van der Waals surface area (Å²) in [6.07, 6.45) is 0. The van der Waals surface area contributed by atoms with Crippen molar-refractivity contribution >= 4 is 5.97 Å². The van der Waals surface area contributed by atoms with Gasteiger partial charge in [-0.25, -0.2) is 4.39 Å². The minimum absolute atomic E-state index is 0.0635. The van der Waals surface area contributed by atoms with Crippen LogP contribution in [0.25, 0.3) is 0 Å². The molecule has 18 heavy (non-hydrogen) atoms. The molecule has 0 fully saturated rings. The molecule has 0 aliphatic heterocycles. The Morgan fingerprint density at radius 2 is 2.06 bits per heavy atom. The highest BCUT2D eigenvalue weighted by atomic mass is 19.1. The molecule has 0 bridgehead atoms. The molecule has 0 radical (unpaired) electrons. The highest BCUT2D eigenvalue weighted by Crippen LogP contribution is 2.22. The van der Waals surface area contributed by atoms with Gasteiger partial charge < -0.3 is 14.6 Å². The summed E-state index contributed by atoms with van der Waals surface area (Å²) in [5, 5.41) is 8.94. The van der Waals surface area contributed by atoms with E-state index < -0.39 is 17.2 Å². The second kappa shape index (κ2) is 5.82. The molecule has 0 heterocycles. The Labute approximate surface area is 105 Å². The Morgan fingerprint density at radius 1 is 1.39 bits per heavy atom. The Kier molecular flexibility index (Phi) is 4.67. The topological polar surface area (TPSA) is 55.8 Å². The monoisotopic (exact) mass is 256 g/mol. The zero-order chi connectivity index (χ0) is 13.8. The third-order valence-electron chi connectivity index (χ3n) is 2.45. The molecular weight excluding hydrogens is 239 g/mol. The van der Waals surface area contributed by atoms with Crippen LogP contribution in [0.2, 0.25) is 0 Å². The predicted molar refractivity (Wildman–Crippen MR) is 63.6 cm³/mol. The van der Waals surface area contributed by atoms with Crippen LogP contribution in [-0.4, -0.2) is 24.8 Å². The second-order valence-electron chi connectivity index (χ2n) is 4.62. The third kappa shape index (κ3) is 3.70. The SMILES string of the molecule is COC(=O)C(C)(C)COc1cc(F)cc(CO)c1. The fourth-order valence-corrected chi connectivity index (χ4v) is 1.39. The summed E-state index contributed by atoms with van der Waals surface area (Å²) >= 11 is 0. The van der Waals surface area contributed by atoms with Gasteiger partial charge in [-0.2, -0.15) is 0 Å². The van der Waals surface area contributed by atoms with Crippen molar-refractivity contribution in [1.29, 1.82) is 0 Å². The van der Waals surface area contributed by atoms with Crippen molar-refractivity contribution in [3.63, 3.8) is 0 Å². The normalized spacial score (nSPS) is 11.2. The molecule has 0 aliphatic rings. The molecule has 1 aromatic carbocycles. The van der Waals surface area contributed by atoms with Crippen LogP contribution in [0.1, 0.15) is 19.4 Å². The molecule has 0 amide bonds. The van der Waals surface area contributed by atoms with Gasteiger partial charge in [-0.05, 0) is 31.5 Å². The lowest BCUT2D eigenvalue weighted by Gasteiger charge is -2.21. The molecule has 1 aromatic rings.